The molecule has 0 aliphatic carbocycles. The molecule has 0 aliphatic rings. The van der Waals surface area contributed by atoms with E-state index in [0.29, 0.717) is 5.56 Å². The van der Waals surface area contributed by atoms with Crippen molar-refractivity contribution in [3.63, 3.8) is 0 Å². The summed E-state index contributed by atoms with van der Waals surface area (Å²) in [6, 6.07) is 16.4. The lowest BCUT2D eigenvalue weighted by Gasteiger charge is -2.24. The van der Waals surface area contributed by atoms with Crippen LogP contribution >= 0.6 is 0 Å². The Hall–Kier alpha value is -2.66. The van der Waals surface area contributed by atoms with Gasteiger partial charge in [-0.15, -0.1) is 0 Å². The molecular formula is C16H15NO4. The first-order valence-corrected chi connectivity index (χ1v) is 6.38. The SMILES string of the molecule is O=C(NC[C@@](O)(C(=O)O)c1ccccc1)c1ccccc1. The number of hydrogen-bond donors (Lipinski definition) is 3. The molecule has 5 heteroatoms. The highest BCUT2D eigenvalue weighted by molar-refractivity contribution is 5.94. The molecule has 1 atom stereocenters. The van der Waals surface area contributed by atoms with Crippen molar-refractivity contribution in [1.82, 2.24) is 5.32 Å². The van der Waals surface area contributed by atoms with E-state index in [0.717, 1.165) is 0 Å². The maximum absolute atomic E-state index is 11.9. The van der Waals surface area contributed by atoms with Gasteiger partial charge in [-0.25, -0.2) is 4.79 Å². The Labute approximate surface area is 121 Å². The normalized spacial score (nSPS) is 13.2. The molecule has 108 valence electrons. The lowest BCUT2D eigenvalue weighted by molar-refractivity contribution is -0.159. The molecule has 0 unspecified atom stereocenters. The molecule has 0 saturated carbocycles. The van der Waals surface area contributed by atoms with Crippen LogP contribution in [-0.2, 0) is 10.4 Å². The van der Waals surface area contributed by atoms with Crippen LogP contribution < -0.4 is 5.32 Å². The van der Waals surface area contributed by atoms with Crippen LogP contribution in [0.5, 0.6) is 0 Å². The number of aliphatic hydroxyl groups is 1. The van der Waals surface area contributed by atoms with E-state index < -0.39 is 24.0 Å². The quantitative estimate of drug-likeness (QED) is 0.774. The van der Waals surface area contributed by atoms with E-state index in [9.17, 15) is 19.8 Å². The first-order chi connectivity index (χ1) is 10.0. The van der Waals surface area contributed by atoms with Crippen molar-refractivity contribution in [3.8, 4) is 0 Å². The van der Waals surface area contributed by atoms with E-state index in [1.807, 2.05) is 0 Å². The van der Waals surface area contributed by atoms with Gasteiger partial charge in [0.05, 0.1) is 6.54 Å². The highest BCUT2D eigenvalue weighted by Gasteiger charge is 2.38. The summed E-state index contributed by atoms with van der Waals surface area (Å²) in [4.78, 5) is 23.3. The van der Waals surface area contributed by atoms with Gasteiger partial charge in [-0.3, -0.25) is 4.79 Å². The van der Waals surface area contributed by atoms with E-state index >= 15 is 0 Å². The molecule has 0 saturated heterocycles. The molecule has 3 N–H and O–H groups in total. The molecule has 21 heavy (non-hydrogen) atoms. The number of carboxylic acids is 1. The molecule has 0 heterocycles. The van der Waals surface area contributed by atoms with Crippen LogP contribution in [0.1, 0.15) is 15.9 Å². The highest BCUT2D eigenvalue weighted by Crippen LogP contribution is 2.20. The molecule has 0 spiro atoms. The minimum absolute atomic E-state index is 0.214. The zero-order valence-electron chi connectivity index (χ0n) is 11.2. The van der Waals surface area contributed by atoms with E-state index in [1.54, 1.807) is 48.5 Å². The Morgan fingerprint density at radius 3 is 2.00 bits per heavy atom. The first-order valence-electron chi connectivity index (χ1n) is 6.38. The van der Waals surface area contributed by atoms with E-state index in [4.69, 9.17) is 0 Å². The summed E-state index contributed by atoms with van der Waals surface area (Å²) in [5.74, 6) is -1.85. The summed E-state index contributed by atoms with van der Waals surface area (Å²) in [5.41, 5.74) is -1.55. The second-order valence-electron chi connectivity index (χ2n) is 4.58. The molecule has 5 nitrogen and oxygen atoms in total. The third-order valence-electron chi connectivity index (χ3n) is 3.15. The predicted octanol–water partition coefficient (Wildman–Crippen LogP) is 1.39. The van der Waals surface area contributed by atoms with Gasteiger partial charge in [0.1, 0.15) is 0 Å². The molecule has 2 rings (SSSR count). The number of rotatable bonds is 5. The number of benzene rings is 2. The van der Waals surface area contributed by atoms with Gasteiger partial charge in [0.25, 0.3) is 5.91 Å². The number of amides is 1. The summed E-state index contributed by atoms with van der Waals surface area (Å²) >= 11 is 0. The van der Waals surface area contributed by atoms with E-state index in [-0.39, 0.29) is 5.56 Å². The van der Waals surface area contributed by atoms with Gasteiger partial charge in [0.2, 0.25) is 5.60 Å². The van der Waals surface area contributed by atoms with Gasteiger partial charge in [0.15, 0.2) is 0 Å². The van der Waals surface area contributed by atoms with Crippen molar-refractivity contribution < 1.29 is 19.8 Å². The molecule has 2 aromatic carbocycles. The second kappa shape index (κ2) is 6.19. The van der Waals surface area contributed by atoms with Crippen molar-refractivity contribution in [1.29, 1.82) is 0 Å². The van der Waals surface area contributed by atoms with Crippen molar-refractivity contribution in [2.45, 2.75) is 5.60 Å². The van der Waals surface area contributed by atoms with Crippen LogP contribution in [0.4, 0.5) is 0 Å². The maximum atomic E-state index is 11.9. The number of carboxylic acid groups (broad SMARTS) is 1. The number of nitrogens with one attached hydrogen (secondary N) is 1. The zero-order chi connectivity index (χ0) is 15.3. The summed E-state index contributed by atoms with van der Waals surface area (Å²) in [7, 11) is 0. The van der Waals surface area contributed by atoms with Crippen LogP contribution in [0.3, 0.4) is 0 Å². The Morgan fingerprint density at radius 1 is 0.952 bits per heavy atom. The third kappa shape index (κ3) is 3.27. The molecule has 0 aliphatic heterocycles. The molecule has 1 amide bonds. The fraction of sp³-hybridized carbons (Fsp3) is 0.125. The predicted molar refractivity (Wildman–Crippen MR) is 76.7 cm³/mol. The molecule has 0 fully saturated rings. The lowest BCUT2D eigenvalue weighted by atomic mass is 9.94. The summed E-state index contributed by atoms with van der Waals surface area (Å²) in [5, 5.41) is 22.1. The van der Waals surface area contributed by atoms with Crippen molar-refractivity contribution in [2.75, 3.05) is 6.54 Å². The van der Waals surface area contributed by atoms with Crippen LogP contribution in [0, 0.1) is 0 Å². The van der Waals surface area contributed by atoms with Gasteiger partial charge >= 0.3 is 5.97 Å². The molecule has 0 radical (unpaired) electrons. The van der Waals surface area contributed by atoms with Crippen molar-refractivity contribution in [2.24, 2.45) is 0 Å². The van der Waals surface area contributed by atoms with Crippen LogP contribution in [0.2, 0.25) is 0 Å². The van der Waals surface area contributed by atoms with Gasteiger partial charge in [-0.1, -0.05) is 48.5 Å². The van der Waals surface area contributed by atoms with E-state index in [2.05, 4.69) is 5.32 Å². The number of aliphatic carboxylic acids is 1. The average Bonchev–Trinajstić information content (AvgIpc) is 2.53. The second-order valence-corrected chi connectivity index (χ2v) is 4.58. The molecular weight excluding hydrogens is 270 g/mol. The van der Waals surface area contributed by atoms with Crippen molar-refractivity contribution >= 4 is 11.9 Å². The Balaban J connectivity index is 2.15. The number of carbonyl (C=O) groups is 2. The van der Waals surface area contributed by atoms with Gasteiger partial charge in [-0.2, -0.15) is 0 Å². The highest BCUT2D eigenvalue weighted by atomic mass is 16.4. The van der Waals surface area contributed by atoms with Crippen molar-refractivity contribution in [3.05, 3.63) is 71.8 Å². The Morgan fingerprint density at radius 2 is 1.48 bits per heavy atom. The number of carbonyl (C=O) groups excluding carboxylic acids is 1. The van der Waals surface area contributed by atoms with Crippen LogP contribution in [-0.4, -0.2) is 28.6 Å². The Bertz CT molecular complexity index is 627. The van der Waals surface area contributed by atoms with Gasteiger partial charge in [-0.05, 0) is 17.7 Å². The molecule has 0 bridgehead atoms. The fourth-order valence-electron chi connectivity index (χ4n) is 1.91. The zero-order valence-corrected chi connectivity index (χ0v) is 11.2. The van der Waals surface area contributed by atoms with Crippen LogP contribution in [0.15, 0.2) is 60.7 Å². The summed E-state index contributed by atoms with van der Waals surface area (Å²) in [6.07, 6.45) is 0. The summed E-state index contributed by atoms with van der Waals surface area (Å²) < 4.78 is 0. The maximum Gasteiger partial charge on any atom is 0.342 e. The van der Waals surface area contributed by atoms with E-state index in [1.165, 1.54) is 12.1 Å². The van der Waals surface area contributed by atoms with Crippen LogP contribution in [0.25, 0.3) is 0 Å². The topological polar surface area (TPSA) is 86.6 Å². The lowest BCUT2D eigenvalue weighted by Crippen LogP contribution is -2.46. The summed E-state index contributed by atoms with van der Waals surface area (Å²) in [6.45, 7) is -0.417. The standard InChI is InChI=1S/C16H15NO4/c18-14(12-7-3-1-4-8-12)17-11-16(21,15(19)20)13-9-5-2-6-10-13/h1-10,21H,11H2,(H,17,18)(H,19,20)/t16-/m0/s1. The Kier molecular flexibility index (Phi) is 4.35. The smallest absolute Gasteiger partial charge is 0.342 e. The fourth-order valence-corrected chi connectivity index (χ4v) is 1.91. The first kappa shape index (κ1) is 14.7. The van der Waals surface area contributed by atoms with Gasteiger partial charge in [0, 0.05) is 5.56 Å². The van der Waals surface area contributed by atoms with Gasteiger partial charge < -0.3 is 15.5 Å². The number of hydrogen-bond acceptors (Lipinski definition) is 3. The minimum Gasteiger partial charge on any atom is -0.479 e. The largest absolute Gasteiger partial charge is 0.479 e. The minimum atomic E-state index is -2.16. The average molecular weight is 285 g/mol. The molecule has 2 aromatic rings. The third-order valence-corrected chi connectivity index (χ3v) is 3.15. The monoisotopic (exact) mass is 285 g/mol. The molecule has 0 aromatic heterocycles.